The second kappa shape index (κ2) is 8.37. The molecule has 0 spiro atoms. The summed E-state index contributed by atoms with van der Waals surface area (Å²) in [6, 6.07) is 15.6. The van der Waals surface area contributed by atoms with Crippen molar-refractivity contribution in [1.29, 1.82) is 0 Å². The lowest BCUT2D eigenvalue weighted by atomic mass is 10.1. The van der Waals surface area contributed by atoms with Gasteiger partial charge in [0.05, 0.1) is 33.3 Å². The molecule has 11 heteroatoms. The molecule has 38 heavy (non-hydrogen) atoms. The van der Waals surface area contributed by atoms with E-state index in [1.807, 2.05) is 0 Å². The van der Waals surface area contributed by atoms with Crippen LogP contribution in [0.2, 0.25) is 0 Å². The number of fused-ring (bicyclic) bond motifs is 3. The smallest absolute Gasteiger partial charge is 0.274 e. The van der Waals surface area contributed by atoms with Crippen LogP contribution in [0.3, 0.4) is 0 Å². The zero-order valence-electron chi connectivity index (χ0n) is 19.5. The lowest BCUT2D eigenvalue weighted by Gasteiger charge is -2.14. The number of hydrogen-bond acceptors (Lipinski definition) is 5. The SMILES string of the molecule is O=C1c2ccccc2C(=O)N1CCCn1nc(N2C(=O)c3ccccc3C2=O)c2cc(C(F)(F)F)ccc21. The van der Waals surface area contributed by atoms with Gasteiger partial charge in [0.25, 0.3) is 23.6 Å². The molecule has 0 fully saturated rings. The van der Waals surface area contributed by atoms with Crippen LogP contribution in [0.1, 0.15) is 53.4 Å². The summed E-state index contributed by atoms with van der Waals surface area (Å²) in [7, 11) is 0. The zero-order valence-corrected chi connectivity index (χ0v) is 19.5. The Morgan fingerprint density at radius 1 is 0.684 bits per heavy atom. The Balaban J connectivity index is 1.34. The van der Waals surface area contributed by atoms with Gasteiger partial charge < -0.3 is 0 Å². The van der Waals surface area contributed by atoms with Crippen LogP contribution < -0.4 is 4.90 Å². The number of aromatic nitrogens is 2. The average Bonchev–Trinajstić information content (AvgIpc) is 3.47. The molecule has 0 bridgehead atoms. The molecule has 8 nitrogen and oxygen atoms in total. The van der Waals surface area contributed by atoms with Gasteiger partial charge in [0.15, 0.2) is 5.82 Å². The van der Waals surface area contributed by atoms with Gasteiger partial charge >= 0.3 is 6.18 Å². The van der Waals surface area contributed by atoms with Crippen LogP contribution in [0.4, 0.5) is 19.0 Å². The number of carbonyl (C=O) groups excluding carboxylic acids is 4. The minimum Gasteiger partial charge on any atom is -0.274 e. The summed E-state index contributed by atoms with van der Waals surface area (Å²) in [6.45, 7) is 0.162. The third-order valence-electron chi connectivity index (χ3n) is 6.69. The van der Waals surface area contributed by atoms with Gasteiger partial charge in [-0.2, -0.15) is 18.3 Å². The highest BCUT2D eigenvalue weighted by Gasteiger charge is 2.40. The Labute approximate surface area is 212 Å². The minimum atomic E-state index is -4.65. The lowest BCUT2D eigenvalue weighted by Crippen LogP contribution is -2.31. The van der Waals surface area contributed by atoms with E-state index in [1.54, 1.807) is 36.4 Å². The zero-order chi connectivity index (χ0) is 26.8. The number of alkyl halides is 3. The molecule has 4 amide bonds. The Kier molecular flexibility index (Phi) is 5.20. The third-order valence-corrected chi connectivity index (χ3v) is 6.69. The van der Waals surface area contributed by atoms with Crippen molar-refractivity contribution in [2.24, 2.45) is 0 Å². The van der Waals surface area contributed by atoms with E-state index in [1.165, 1.54) is 22.9 Å². The Morgan fingerprint density at radius 2 is 1.21 bits per heavy atom. The highest BCUT2D eigenvalue weighted by Crippen LogP contribution is 2.37. The summed E-state index contributed by atoms with van der Waals surface area (Å²) in [6.07, 6.45) is -4.41. The third kappa shape index (κ3) is 3.50. The van der Waals surface area contributed by atoms with Gasteiger partial charge in [-0.3, -0.25) is 28.8 Å². The monoisotopic (exact) mass is 518 g/mol. The minimum absolute atomic E-state index is 0.0185. The number of anilines is 1. The first-order valence-corrected chi connectivity index (χ1v) is 11.7. The summed E-state index contributed by atoms with van der Waals surface area (Å²) in [5.41, 5.74) is 0.222. The quantitative estimate of drug-likeness (QED) is 0.362. The number of hydrogen-bond donors (Lipinski definition) is 0. The predicted molar refractivity (Wildman–Crippen MR) is 129 cm³/mol. The Bertz CT molecular complexity index is 1620. The van der Waals surface area contributed by atoms with Crippen LogP contribution in [0, 0.1) is 0 Å². The first kappa shape index (κ1) is 23.6. The maximum absolute atomic E-state index is 13.5. The van der Waals surface area contributed by atoms with Crippen LogP contribution in [-0.4, -0.2) is 44.9 Å². The Morgan fingerprint density at radius 3 is 1.74 bits per heavy atom. The fraction of sp³-hybridized carbons (Fsp3) is 0.148. The predicted octanol–water partition coefficient (Wildman–Crippen LogP) is 4.54. The van der Waals surface area contributed by atoms with Crippen molar-refractivity contribution in [1.82, 2.24) is 14.7 Å². The molecule has 0 saturated heterocycles. The molecule has 2 aliphatic heterocycles. The van der Waals surface area contributed by atoms with Crippen LogP contribution >= 0.6 is 0 Å². The second-order valence-corrected chi connectivity index (χ2v) is 8.93. The molecule has 4 aromatic rings. The number of benzene rings is 3. The lowest BCUT2D eigenvalue weighted by molar-refractivity contribution is -0.137. The van der Waals surface area contributed by atoms with E-state index in [2.05, 4.69) is 5.10 Å². The summed E-state index contributed by atoms with van der Waals surface area (Å²) in [4.78, 5) is 53.3. The molecular weight excluding hydrogens is 501 g/mol. The highest BCUT2D eigenvalue weighted by molar-refractivity contribution is 6.35. The van der Waals surface area contributed by atoms with Crippen LogP contribution in [-0.2, 0) is 12.7 Å². The highest BCUT2D eigenvalue weighted by atomic mass is 19.4. The largest absolute Gasteiger partial charge is 0.416 e. The number of amides is 4. The van der Waals surface area contributed by atoms with Gasteiger partial charge in [-0.15, -0.1) is 0 Å². The molecule has 0 N–H and O–H groups in total. The maximum atomic E-state index is 13.5. The summed E-state index contributed by atoms with van der Waals surface area (Å²) in [5, 5.41) is 4.35. The summed E-state index contributed by atoms with van der Waals surface area (Å²) in [5.74, 6) is -2.41. The molecule has 6 rings (SSSR count). The van der Waals surface area contributed by atoms with Crippen molar-refractivity contribution < 1.29 is 32.3 Å². The average molecular weight is 518 g/mol. The van der Waals surface area contributed by atoms with E-state index >= 15 is 0 Å². The number of imide groups is 2. The van der Waals surface area contributed by atoms with Gasteiger partial charge in [0, 0.05) is 18.5 Å². The summed E-state index contributed by atoms with van der Waals surface area (Å²) < 4.78 is 41.9. The molecule has 2 aliphatic rings. The van der Waals surface area contributed by atoms with Gasteiger partial charge in [-0.1, -0.05) is 24.3 Å². The van der Waals surface area contributed by atoms with E-state index in [4.69, 9.17) is 0 Å². The van der Waals surface area contributed by atoms with Crippen LogP contribution in [0.15, 0.2) is 66.7 Å². The van der Waals surface area contributed by atoms with Crippen molar-refractivity contribution >= 4 is 40.3 Å². The van der Waals surface area contributed by atoms with Gasteiger partial charge in [0.2, 0.25) is 0 Å². The number of carbonyl (C=O) groups is 4. The summed E-state index contributed by atoms with van der Waals surface area (Å²) >= 11 is 0. The van der Waals surface area contributed by atoms with E-state index in [0.29, 0.717) is 11.1 Å². The number of aryl methyl sites for hydroxylation is 1. The van der Waals surface area contributed by atoms with Crippen molar-refractivity contribution in [3.8, 4) is 0 Å². The van der Waals surface area contributed by atoms with E-state index in [9.17, 15) is 32.3 Å². The first-order valence-electron chi connectivity index (χ1n) is 11.7. The fourth-order valence-electron chi connectivity index (χ4n) is 4.88. The molecule has 3 aromatic carbocycles. The van der Waals surface area contributed by atoms with Crippen LogP contribution in [0.25, 0.3) is 10.9 Å². The van der Waals surface area contributed by atoms with E-state index in [0.717, 1.165) is 21.9 Å². The molecule has 0 aliphatic carbocycles. The standard InChI is InChI=1S/C27H17F3N4O4/c28-27(29,30)15-10-11-21-20(14-15)22(34-25(37)18-8-3-4-9-19(18)26(34)38)31-33(21)13-5-12-32-23(35)16-6-1-2-7-17(16)24(32)36/h1-4,6-11,14H,5,12-13H2. The van der Waals surface area contributed by atoms with Crippen molar-refractivity contribution in [3.05, 3.63) is 94.5 Å². The first-order chi connectivity index (χ1) is 18.2. The van der Waals surface area contributed by atoms with Gasteiger partial charge in [-0.25, -0.2) is 4.90 Å². The second-order valence-electron chi connectivity index (χ2n) is 8.93. The van der Waals surface area contributed by atoms with E-state index in [-0.39, 0.29) is 47.4 Å². The molecule has 0 atom stereocenters. The van der Waals surface area contributed by atoms with Crippen molar-refractivity contribution in [3.63, 3.8) is 0 Å². The molecule has 0 unspecified atom stereocenters. The van der Waals surface area contributed by atoms with Crippen molar-refractivity contribution in [2.75, 3.05) is 11.4 Å². The molecular formula is C27H17F3N4O4. The maximum Gasteiger partial charge on any atom is 0.416 e. The van der Waals surface area contributed by atoms with Gasteiger partial charge in [-0.05, 0) is 48.9 Å². The molecule has 190 valence electrons. The van der Waals surface area contributed by atoms with E-state index < -0.39 is 35.4 Å². The number of rotatable bonds is 5. The number of nitrogens with zero attached hydrogens (tertiary/aromatic N) is 4. The Hall–Kier alpha value is -4.80. The normalized spacial score (nSPS) is 15.1. The molecule has 1 aromatic heterocycles. The molecule has 0 radical (unpaired) electrons. The topological polar surface area (TPSA) is 92.6 Å². The number of halogens is 3. The van der Waals surface area contributed by atoms with Crippen molar-refractivity contribution in [2.45, 2.75) is 19.1 Å². The fourth-order valence-corrected chi connectivity index (χ4v) is 4.88. The van der Waals surface area contributed by atoms with Gasteiger partial charge in [0.1, 0.15) is 0 Å². The molecule has 0 saturated carbocycles. The van der Waals surface area contributed by atoms with Crippen LogP contribution in [0.5, 0.6) is 0 Å². The molecule has 3 heterocycles.